The van der Waals surface area contributed by atoms with Gasteiger partial charge < -0.3 is 10.6 Å². The quantitative estimate of drug-likeness (QED) is 0.250. The molecular weight excluding hydrogens is 495 g/mol. The Labute approximate surface area is 218 Å². The van der Waals surface area contributed by atoms with Gasteiger partial charge in [-0.25, -0.2) is 4.39 Å². The molecule has 3 aromatic carbocycles. The van der Waals surface area contributed by atoms with Crippen LogP contribution in [0.1, 0.15) is 22.5 Å². The van der Waals surface area contributed by atoms with Crippen molar-refractivity contribution in [1.82, 2.24) is 19.6 Å². The zero-order valence-electron chi connectivity index (χ0n) is 19.8. The summed E-state index contributed by atoms with van der Waals surface area (Å²) in [5.74, 6) is -0.359. The Morgan fingerprint density at radius 3 is 2.61 bits per heavy atom. The maximum atomic E-state index is 14.3. The van der Waals surface area contributed by atoms with E-state index in [0.29, 0.717) is 22.2 Å². The molecule has 2 N–H and O–H groups in total. The molecule has 0 radical (unpaired) electrons. The first kappa shape index (κ1) is 24.0. The van der Waals surface area contributed by atoms with Crippen LogP contribution in [0.4, 0.5) is 15.8 Å². The SMILES string of the molecule is Cc1nn(Cc2c(F)cccc2Cl)c(C)c1NC(=S)Nc1cnn(Cc2cccc3ccccc23)c1. The second kappa shape index (κ2) is 10.1. The zero-order valence-corrected chi connectivity index (χ0v) is 21.4. The molecule has 0 unspecified atom stereocenters. The smallest absolute Gasteiger partial charge is 0.175 e. The first-order valence-electron chi connectivity index (χ1n) is 11.4. The average Bonchev–Trinajstić information content (AvgIpc) is 3.40. The van der Waals surface area contributed by atoms with E-state index in [4.69, 9.17) is 23.8 Å². The summed E-state index contributed by atoms with van der Waals surface area (Å²) in [6.45, 7) is 4.65. The molecule has 6 nitrogen and oxygen atoms in total. The fraction of sp³-hybridized carbons (Fsp3) is 0.148. The number of benzene rings is 3. The number of fused-ring (bicyclic) bond motifs is 1. The predicted molar refractivity (Wildman–Crippen MR) is 147 cm³/mol. The highest BCUT2D eigenvalue weighted by Gasteiger charge is 2.16. The summed E-state index contributed by atoms with van der Waals surface area (Å²) in [4.78, 5) is 0. The molecule has 0 fully saturated rings. The normalized spacial score (nSPS) is 11.1. The van der Waals surface area contributed by atoms with Gasteiger partial charge in [-0.15, -0.1) is 0 Å². The summed E-state index contributed by atoms with van der Waals surface area (Å²) in [5, 5.41) is 18.6. The van der Waals surface area contributed by atoms with Crippen LogP contribution in [0.5, 0.6) is 0 Å². The number of rotatable bonds is 6. The number of hydrogen-bond acceptors (Lipinski definition) is 3. The first-order chi connectivity index (χ1) is 17.4. The lowest BCUT2D eigenvalue weighted by Crippen LogP contribution is -2.19. The fourth-order valence-electron chi connectivity index (χ4n) is 4.26. The van der Waals surface area contributed by atoms with Crippen molar-refractivity contribution in [1.29, 1.82) is 0 Å². The van der Waals surface area contributed by atoms with Crippen LogP contribution >= 0.6 is 23.8 Å². The zero-order chi connectivity index (χ0) is 25.2. The van der Waals surface area contributed by atoms with Crippen molar-refractivity contribution in [2.75, 3.05) is 10.6 Å². The molecule has 2 heterocycles. The second-order valence-corrected chi connectivity index (χ2v) is 9.36. The topological polar surface area (TPSA) is 59.7 Å². The van der Waals surface area contributed by atoms with Crippen LogP contribution < -0.4 is 10.6 Å². The second-order valence-electron chi connectivity index (χ2n) is 8.55. The molecule has 2 aromatic heterocycles. The summed E-state index contributed by atoms with van der Waals surface area (Å²) in [7, 11) is 0. The minimum atomic E-state index is -0.359. The highest BCUT2D eigenvalue weighted by atomic mass is 35.5. The van der Waals surface area contributed by atoms with Crippen LogP contribution in [-0.4, -0.2) is 24.7 Å². The van der Waals surface area contributed by atoms with Crippen molar-refractivity contribution in [2.24, 2.45) is 0 Å². The molecule has 0 saturated heterocycles. The van der Waals surface area contributed by atoms with Gasteiger partial charge in [0.15, 0.2) is 5.11 Å². The molecule has 0 bridgehead atoms. The first-order valence-corrected chi connectivity index (χ1v) is 12.2. The molecule has 0 saturated carbocycles. The lowest BCUT2D eigenvalue weighted by Gasteiger charge is -2.11. The number of nitrogens with zero attached hydrogens (tertiary/aromatic N) is 4. The summed E-state index contributed by atoms with van der Waals surface area (Å²) in [6.07, 6.45) is 3.65. The number of anilines is 2. The van der Waals surface area contributed by atoms with Gasteiger partial charge in [0.1, 0.15) is 5.82 Å². The van der Waals surface area contributed by atoms with Gasteiger partial charge in [-0.3, -0.25) is 9.36 Å². The maximum Gasteiger partial charge on any atom is 0.175 e. The van der Waals surface area contributed by atoms with Gasteiger partial charge in [0.25, 0.3) is 0 Å². The van der Waals surface area contributed by atoms with Crippen LogP contribution in [0.15, 0.2) is 73.1 Å². The molecule has 0 aliphatic heterocycles. The molecule has 36 heavy (non-hydrogen) atoms. The monoisotopic (exact) mass is 518 g/mol. The Hall–Kier alpha value is -3.75. The lowest BCUT2D eigenvalue weighted by molar-refractivity contribution is 0.579. The third-order valence-electron chi connectivity index (χ3n) is 6.09. The highest BCUT2D eigenvalue weighted by Crippen LogP contribution is 2.25. The third kappa shape index (κ3) is 4.96. The molecule has 9 heteroatoms. The summed E-state index contributed by atoms with van der Waals surface area (Å²) in [6, 6.07) is 19.2. The van der Waals surface area contributed by atoms with E-state index in [0.717, 1.165) is 22.8 Å². The van der Waals surface area contributed by atoms with Crippen LogP contribution in [0.3, 0.4) is 0 Å². The van der Waals surface area contributed by atoms with Crippen molar-refractivity contribution in [3.63, 3.8) is 0 Å². The van der Waals surface area contributed by atoms with Crippen molar-refractivity contribution in [3.8, 4) is 0 Å². The largest absolute Gasteiger partial charge is 0.330 e. The average molecular weight is 519 g/mol. The third-order valence-corrected chi connectivity index (χ3v) is 6.65. The standard InChI is InChI=1S/C27H24ClFN6S/c1-17-26(18(2)35(33-17)16-23-24(28)11-6-12-25(23)29)32-27(36)31-21-13-30-34(15-21)14-20-9-5-8-19-7-3-4-10-22(19)20/h3-13,15H,14,16H2,1-2H3,(H2,31,32,36). The van der Waals surface area contributed by atoms with Crippen molar-refractivity contribution >= 4 is 51.1 Å². The van der Waals surface area contributed by atoms with Crippen molar-refractivity contribution in [3.05, 3.63) is 106 Å². The van der Waals surface area contributed by atoms with Gasteiger partial charge >= 0.3 is 0 Å². The summed E-state index contributed by atoms with van der Waals surface area (Å²) < 4.78 is 17.9. The number of nitrogens with one attached hydrogen (secondary N) is 2. The summed E-state index contributed by atoms with van der Waals surface area (Å²) >= 11 is 11.7. The number of aromatic nitrogens is 4. The van der Waals surface area contributed by atoms with Gasteiger partial charge in [0.2, 0.25) is 0 Å². The number of thiocarbonyl (C=S) groups is 1. The van der Waals surface area contributed by atoms with Crippen LogP contribution in [0, 0.1) is 19.7 Å². The van der Waals surface area contributed by atoms with E-state index in [9.17, 15) is 4.39 Å². The molecule has 5 aromatic rings. The van der Waals surface area contributed by atoms with Gasteiger partial charge in [0, 0.05) is 16.8 Å². The van der Waals surface area contributed by atoms with Crippen molar-refractivity contribution < 1.29 is 4.39 Å². The van der Waals surface area contributed by atoms with Crippen LogP contribution in [0.2, 0.25) is 5.02 Å². The van der Waals surface area contributed by atoms with E-state index in [2.05, 4.69) is 51.2 Å². The number of hydrogen-bond donors (Lipinski definition) is 2. The van der Waals surface area contributed by atoms with Gasteiger partial charge in [-0.1, -0.05) is 60.1 Å². The molecule has 0 atom stereocenters. The van der Waals surface area contributed by atoms with Crippen LogP contribution in [-0.2, 0) is 13.1 Å². The minimum absolute atomic E-state index is 0.223. The van der Waals surface area contributed by atoms with E-state index >= 15 is 0 Å². The Bertz CT molecular complexity index is 1550. The van der Waals surface area contributed by atoms with E-state index in [1.54, 1.807) is 23.0 Å². The molecule has 0 amide bonds. The van der Waals surface area contributed by atoms with E-state index in [1.807, 2.05) is 36.9 Å². The fourth-order valence-corrected chi connectivity index (χ4v) is 4.70. The molecular formula is C27H24ClFN6S. The highest BCUT2D eigenvalue weighted by molar-refractivity contribution is 7.80. The Kier molecular flexibility index (Phi) is 6.71. The molecule has 5 rings (SSSR count). The van der Waals surface area contributed by atoms with Crippen LogP contribution in [0.25, 0.3) is 10.8 Å². The minimum Gasteiger partial charge on any atom is -0.330 e. The number of halogens is 2. The lowest BCUT2D eigenvalue weighted by atomic mass is 10.0. The molecule has 0 spiro atoms. The maximum absolute atomic E-state index is 14.3. The predicted octanol–water partition coefficient (Wildman–Crippen LogP) is 6.55. The Morgan fingerprint density at radius 2 is 1.78 bits per heavy atom. The van der Waals surface area contributed by atoms with Crippen molar-refractivity contribution in [2.45, 2.75) is 26.9 Å². The van der Waals surface area contributed by atoms with Gasteiger partial charge in [0.05, 0.1) is 42.0 Å². The molecule has 0 aliphatic rings. The van der Waals surface area contributed by atoms with E-state index in [1.165, 1.54) is 22.4 Å². The molecule has 182 valence electrons. The summed E-state index contributed by atoms with van der Waals surface area (Å²) in [5.41, 5.74) is 4.70. The van der Waals surface area contributed by atoms with E-state index < -0.39 is 0 Å². The number of aryl methyl sites for hydroxylation is 1. The van der Waals surface area contributed by atoms with Gasteiger partial charge in [-0.2, -0.15) is 10.2 Å². The van der Waals surface area contributed by atoms with E-state index in [-0.39, 0.29) is 12.4 Å². The Balaban J connectivity index is 1.27. The Morgan fingerprint density at radius 1 is 1.00 bits per heavy atom. The van der Waals surface area contributed by atoms with Gasteiger partial charge in [-0.05, 0) is 54.5 Å². The molecule has 0 aliphatic carbocycles.